The van der Waals surface area contributed by atoms with Crippen LogP contribution in [0.25, 0.3) is 0 Å². The molecule has 0 radical (unpaired) electrons. The molecule has 0 unspecified atom stereocenters. The first-order valence-corrected chi connectivity index (χ1v) is 11.9. The highest BCUT2D eigenvalue weighted by Gasteiger charge is 2.20. The van der Waals surface area contributed by atoms with E-state index in [1.165, 1.54) is 32.4 Å². The van der Waals surface area contributed by atoms with Crippen molar-refractivity contribution in [1.82, 2.24) is 0 Å². The zero-order valence-corrected chi connectivity index (χ0v) is 21.0. The largest absolute Gasteiger partial charge is 0.465 e. The summed E-state index contributed by atoms with van der Waals surface area (Å²) in [5.41, 5.74) is 3.08. The van der Waals surface area contributed by atoms with Gasteiger partial charge in [-0.1, -0.05) is 0 Å². The molecular weight excluding hydrogens is 488 g/mol. The van der Waals surface area contributed by atoms with E-state index in [1.54, 1.807) is 36.0 Å². The van der Waals surface area contributed by atoms with Crippen LogP contribution in [-0.4, -0.2) is 61.5 Å². The Kier molecular flexibility index (Phi) is 10.6. The molecule has 2 aromatic rings. The highest BCUT2D eigenvalue weighted by atomic mass is 32.2. The fraction of sp³-hybridized carbons (Fsp3) is 0.250. The summed E-state index contributed by atoms with van der Waals surface area (Å²) in [5.74, 6) is -2.27. The Bertz CT molecular complexity index is 1180. The van der Waals surface area contributed by atoms with Crippen molar-refractivity contribution in [2.75, 3.05) is 42.3 Å². The number of benzene rings is 2. The normalized spacial score (nSPS) is 10.7. The standard InChI is InChI=1S/C24H26N4O7S/c1-14(29)21(22(31)26-17-8-6-16(7-9-17)25-20(30)11-12-36-4)28-27-19-13-15(23(32)34-2)5-10-18(19)24(33)35-3/h5-10,13,27H,11-12H2,1-4H3,(H,25,30)(H,26,31)/b28-21-. The van der Waals surface area contributed by atoms with Gasteiger partial charge in [-0.2, -0.15) is 16.9 Å². The van der Waals surface area contributed by atoms with Crippen molar-refractivity contribution in [1.29, 1.82) is 0 Å². The van der Waals surface area contributed by atoms with Crippen LogP contribution in [0.4, 0.5) is 17.1 Å². The van der Waals surface area contributed by atoms with Crippen molar-refractivity contribution in [3.63, 3.8) is 0 Å². The maximum atomic E-state index is 12.7. The first-order chi connectivity index (χ1) is 17.2. The minimum absolute atomic E-state index is 0.0207. The molecule has 0 fully saturated rings. The molecule has 0 spiro atoms. The molecule has 11 nitrogen and oxygen atoms in total. The number of amides is 2. The lowest BCUT2D eigenvalue weighted by Crippen LogP contribution is -2.29. The number of hydrogen-bond donors (Lipinski definition) is 3. The van der Waals surface area contributed by atoms with Crippen molar-refractivity contribution in [3.05, 3.63) is 53.6 Å². The molecule has 3 N–H and O–H groups in total. The molecule has 0 saturated carbocycles. The summed E-state index contributed by atoms with van der Waals surface area (Å²) in [6, 6.07) is 10.3. The summed E-state index contributed by atoms with van der Waals surface area (Å²) in [6.45, 7) is 1.15. The number of carbonyl (C=O) groups is 5. The van der Waals surface area contributed by atoms with Crippen molar-refractivity contribution in [3.8, 4) is 0 Å². The van der Waals surface area contributed by atoms with E-state index < -0.39 is 29.3 Å². The Hall–Kier alpha value is -4.19. The summed E-state index contributed by atoms with van der Waals surface area (Å²) >= 11 is 1.57. The van der Waals surface area contributed by atoms with E-state index in [2.05, 4.69) is 25.9 Å². The minimum atomic E-state index is -0.810. The van der Waals surface area contributed by atoms with Gasteiger partial charge >= 0.3 is 11.9 Å². The Morgan fingerprint density at radius 2 is 1.50 bits per heavy atom. The summed E-state index contributed by atoms with van der Waals surface area (Å²) in [4.78, 5) is 60.6. The molecule has 0 heterocycles. The molecule has 2 rings (SSSR count). The van der Waals surface area contributed by atoms with E-state index in [4.69, 9.17) is 4.74 Å². The Labute approximate surface area is 212 Å². The number of hydrazone groups is 1. The van der Waals surface area contributed by atoms with Crippen LogP contribution in [0.3, 0.4) is 0 Å². The molecule has 0 aliphatic rings. The van der Waals surface area contributed by atoms with Gasteiger partial charge in [-0.3, -0.25) is 19.8 Å². The zero-order chi connectivity index (χ0) is 26.7. The first kappa shape index (κ1) is 28.1. The molecule has 2 aromatic carbocycles. The van der Waals surface area contributed by atoms with Crippen LogP contribution in [0.1, 0.15) is 34.1 Å². The third kappa shape index (κ3) is 7.94. The average molecular weight is 515 g/mol. The third-order valence-electron chi connectivity index (χ3n) is 4.64. The third-order valence-corrected chi connectivity index (χ3v) is 5.25. The molecule has 2 amide bonds. The average Bonchev–Trinajstić information content (AvgIpc) is 2.87. The second-order valence-corrected chi connectivity index (χ2v) is 8.18. The van der Waals surface area contributed by atoms with Crippen LogP contribution in [0.2, 0.25) is 0 Å². The van der Waals surface area contributed by atoms with Crippen molar-refractivity contribution >= 4 is 64.1 Å². The Balaban J connectivity index is 2.21. The molecule has 0 aliphatic carbocycles. The van der Waals surface area contributed by atoms with Gasteiger partial charge in [-0.05, 0) is 48.7 Å². The summed E-state index contributed by atoms with van der Waals surface area (Å²) < 4.78 is 9.39. The Morgan fingerprint density at radius 3 is 2.06 bits per heavy atom. The number of anilines is 3. The van der Waals surface area contributed by atoms with E-state index >= 15 is 0 Å². The van der Waals surface area contributed by atoms with Gasteiger partial charge in [0, 0.05) is 30.5 Å². The lowest BCUT2D eigenvalue weighted by atomic mass is 10.1. The number of nitrogens with one attached hydrogen (secondary N) is 3. The quantitative estimate of drug-likeness (QED) is 0.178. The molecule has 0 saturated heterocycles. The van der Waals surface area contributed by atoms with E-state index in [1.807, 2.05) is 6.26 Å². The van der Waals surface area contributed by atoms with Crippen LogP contribution in [0, 0.1) is 0 Å². The van der Waals surface area contributed by atoms with Crippen LogP contribution >= 0.6 is 11.8 Å². The molecule has 0 aliphatic heterocycles. The fourth-order valence-electron chi connectivity index (χ4n) is 2.82. The number of methoxy groups -OCH3 is 2. The molecule has 0 bridgehead atoms. The molecule has 36 heavy (non-hydrogen) atoms. The number of ketones is 1. The van der Waals surface area contributed by atoms with Crippen molar-refractivity contribution in [2.24, 2.45) is 5.10 Å². The monoisotopic (exact) mass is 514 g/mol. The number of nitrogens with zero attached hydrogens (tertiary/aromatic N) is 1. The van der Waals surface area contributed by atoms with Gasteiger partial charge in [0.05, 0.1) is 31.0 Å². The maximum absolute atomic E-state index is 12.7. The highest BCUT2D eigenvalue weighted by Crippen LogP contribution is 2.20. The number of rotatable bonds is 11. The number of esters is 2. The van der Waals surface area contributed by atoms with Gasteiger partial charge in [0.1, 0.15) is 0 Å². The van der Waals surface area contributed by atoms with E-state index in [0.717, 1.165) is 6.92 Å². The van der Waals surface area contributed by atoms with E-state index in [-0.39, 0.29) is 22.7 Å². The van der Waals surface area contributed by atoms with Crippen LogP contribution < -0.4 is 16.1 Å². The van der Waals surface area contributed by atoms with E-state index in [9.17, 15) is 24.0 Å². The summed E-state index contributed by atoms with van der Waals surface area (Å²) in [6.07, 6.45) is 2.29. The van der Waals surface area contributed by atoms with Gasteiger partial charge in [-0.25, -0.2) is 9.59 Å². The number of carbonyl (C=O) groups excluding carboxylic acids is 5. The number of ether oxygens (including phenoxy) is 2. The zero-order valence-electron chi connectivity index (χ0n) is 20.2. The van der Waals surface area contributed by atoms with Crippen LogP contribution in [0.5, 0.6) is 0 Å². The predicted molar refractivity (Wildman–Crippen MR) is 138 cm³/mol. The van der Waals surface area contributed by atoms with Crippen LogP contribution in [-0.2, 0) is 23.9 Å². The molecular formula is C24H26N4O7S. The fourth-order valence-corrected chi connectivity index (χ4v) is 3.21. The lowest BCUT2D eigenvalue weighted by Gasteiger charge is -2.11. The highest BCUT2D eigenvalue weighted by molar-refractivity contribution is 7.98. The van der Waals surface area contributed by atoms with E-state index in [0.29, 0.717) is 23.5 Å². The Morgan fingerprint density at radius 1 is 0.889 bits per heavy atom. The SMILES string of the molecule is COC(=O)c1ccc(C(=O)OC)c(N/N=C(/C(C)=O)C(=O)Nc2ccc(NC(=O)CCSC)cc2)c1. The maximum Gasteiger partial charge on any atom is 0.340 e. The second kappa shape index (κ2) is 13.6. The van der Waals surface area contributed by atoms with Gasteiger partial charge in [0.25, 0.3) is 5.91 Å². The van der Waals surface area contributed by atoms with Crippen molar-refractivity contribution < 1.29 is 33.4 Å². The predicted octanol–water partition coefficient (Wildman–Crippen LogP) is 2.95. The molecule has 0 aromatic heterocycles. The topological polar surface area (TPSA) is 152 Å². The summed E-state index contributed by atoms with van der Waals surface area (Å²) in [7, 11) is 2.38. The van der Waals surface area contributed by atoms with Gasteiger partial charge < -0.3 is 20.1 Å². The minimum Gasteiger partial charge on any atom is -0.465 e. The van der Waals surface area contributed by atoms with Gasteiger partial charge in [0.15, 0.2) is 11.5 Å². The number of hydrogen-bond acceptors (Lipinski definition) is 10. The molecule has 0 atom stereocenters. The lowest BCUT2D eigenvalue weighted by molar-refractivity contribution is -0.116. The van der Waals surface area contributed by atoms with Gasteiger partial charge in [0.2, 0.25) is 5.91 Å². The second-order valence-electron chi connectivity index (χ2n) is 7.19. The number of thioether (sulfide) groups is 1. The molecule has 12 heteroatoms. The summed E-state index contributed by atoms with van der Waals surface area (Å²) in [5, 5.41) is 9.16. The molecule has 190 valence electrons. The number of Topliss-reactive ketones (excluding diaryl/α,β-unsaturated/α-hetero) is 1. The smallest absolute Gasteiger partial charge is 0.340 e. The van der Waals surface area contributed by atoms with Gasteiger partial charge in [-0.15, -0.1) is 0 Å². The van der Waals surface area contributed by atoms with Crippen LogP contribution in [0.15, 0.2) is 47.6 Å². The van der Waals surface area contributed by atoms with Crippen molar-refractivity contribution in [2.45, 2.75) is 13.3 Å². The first-order valence-electron chi connectivity index (χ1n) is 10.6.